The number of nitrogens with zero attached hydrogens (tertiary/aromatic N) is 1. The predicted octanol–water partition coefficient (Wildman–Crippen LogP) is 0.423. The van der Waals surface area contributed by atoms with Crippen LogP contribution in [0.1, 0.15) is 20.8 Å². The molecule has 0 amide bonds. The number of carbonyl (C=O) groups is 2. The number of methoxy groups -OCH3 is 2. The molecule has 7 nitrogen and oxygen atoms in total. The topological polar surface area (TPSA) is 94.8 Å². The molecule has 0 aromatic carbocycles. The van der Waals surface area contributed by atoms with Crippen molar-refractivity contribution in [2.45, 2.75) is 45.2 Å². The van der Waals surface area contributed by atoms with E-state index in [9.17, 15) is 9.59 Å². The van der Waals surface area contributed by atoms with Gasteiger partial charge in [0.05, 0.1) is 6.07 Å². The quantitative estimate of drug-likeness (QED) is 0.620. The van der Waals surface area contributed by atoms with Gasteiger partial charge in [-0.1, -0.05) is 0 Å². The first-order valence-corrected chi connectivity index (χ1v) is 5.67. The molecule has 0 radical (unpaired) electrons. The van der Waals surface area contributed by atoms with Crippen LogP contribution in [0.3, 0.4) is 0 Å². The molecule has 0 aromatic heterocycles. The van der Waals surface area contributed by atoms with Crippen LogP contribution in [0, 0.1) is 11.3 Å². The van der Waals surface area contributed by atoms with Crippen molar-refractivity contribution in [3.63, 3.8) is 0 Å². The molecule has 0 saturated heterocycles. The van der Waals surface area contributed by atoms with Crippen molar-refractivity contribution in [2.24, 2.45) is 0 Å². The van der Waals surface area contributed by atoms with Crippen LogP contribution in [0.4, 0.5) is 0 Å². The Hall–Kier alpha value is -1.65. The summed E-state index contributed by atoms with van der Waals surface area (Å²) in [5.41, 5.74) is 0. The van der Waals surface area contributed by atoms with E-state index in [1.54, 1.807) is 6.92 Å². The minimum atomic E-state index is -1.02. The largest absolute Gasteiger partial charge is 0.460 e. The highest BCUT2D eigenvalue weighted by molar-refractivity contribution is 5.67. The molecular formula is C12H19NO6. The zero-order chi connectivity index (χ0) is 15.0. The van der Waals surface area contributed by atoms with Gasteiger partial charge in [-0.25, -0.2) is 0 Å². The molecule has 0 rings (SSSR count). The summed E-state index contributed by atoms with van der Waals surface area (Å²) in [6.07, 6.45) is -3.52. The van der Waals surface area contributed by atoms with Crippen molar-refractivity contribution in [1.29, 1.82) is 5.26 Å². The van der Waals surface area contributed by atoms with E-state index < -0.39 is 36.4 Å². The predicted molar refractivity (Wildman–Crippen MR) is 64.0 cm³/mol. The first-order chi connectivity index (χ1) is 8.87. The van der Waals surface area contributed by atoms with Crippen LogP contribution in [-0.4, -0.2) is 50.6 Å². The van der Waals surface area contributed by atoms with E-state index in [4.69, 9.17) is 24.2 Å². The lowest BCUT2D eigenvalue weighted by molar-refractivity contribution is -0.178. The van der Waals surface area contributed by atoms with Gasteiger partial charge in [-0.05, 0) is 6.92 Å². The summed E-state index contributed by atoms with van der Waals surface area (Å²) >= 11 is 0. The highest BCUT2D eigenvalue weighted by Crippen LogP contribution is 2.17. The number of ether oxygens (including phenoxy) is 4. The molecule has 19 heavy (non-hydrogen) atoms. The van der Waals surface area contributed by atoms with Crippen LogP contribution in [0.5, 0.6) is 0 Å². The summed E-state index contributed by atoms with van der Waals surface area (Å²) in [6, 6.07) is 1.86. The number of rotatable bonds is 7. The second-order valence-corrected chi connectivity index (χ2v) is 3.87. The van der Waals surface area contributed by atoms with Gasteiger partial charge in [-0.3, -0.25) is 9.59 Å². The van der Waals surface area contributed by atoms with E-state index in [2.05, 4.69) is 0 Å². The fourth-order valence-electron chi connectivity index (χ4n) is 1.67. The Morgan fingerprint density at radius 2 is 1.53 bits per heavy atom. The minimum Gasteiger partial charge on any atom is -0.460 e. The number of hydrogen-bond donors (Lipinski definition) is 0. The summed E-state index contributed by atoms with van der Waals surface area (Å²) in [5, 5.41) is 8.99. The Morgan fingerprint density at radius 3 is 1.84 bits per heavy atom. The van der Waals surface area contributed by atoms with Gasteiger partial charge < -0.3 is 18.9 Å². The van der Waals surface area contributed by atoms with Crippen LogP contribution in [0.25, 0.3) is 0 Å². The molecule has 7 heteroatoms. The van der Waals surface area contributed by atoms with Gasteiger partial charge in [0.15, 0.2) is 12.2 Å². The summed E-state index contributed by atoms with van der Waals surface area (Å²) in [5.74, 6) is -1.08. The van der Waals surface area contributed by atoms with Gasteiger partial charge in [0.2, 0.25) is 0 Å². The summed E-state index contributed by atoms with van der Waals surface area (Å²) < 4.78 is 20.1. The highest BCUT2D eigenvalue weighted by atomic mass is 16.6. The summed E-state index contributed by atoms with van der Waals surface area (Å²) in [7, 11) is 2.68. The van der Waals surface area contributed by atoms with Crippen molar-refractivity contribution in [2.75, 3.05) is 14.2 Å². The van der Waals surface area contributed by atoms with E-state index >= 15 is 0 Å². The fraction of sp³-hybridized carbons (Fsp3) is 0.750. The zero-order valence-corrected chi connectivity index (χ0v) is 11.7. The lowest BCUT2D eigenvalue weighted by atomic mass is 10.0. The van der Waals surface area contributed by atoms with Crippen molar-refractivity contribution in [1.82, 2.24) is 0 Å². The van der Waals surface area contributed by atoms with Gasteiger partial charge in [-0.15, -0.1) is 0 Å². The molecule has 0 aliphatic heterocycles. The number of esters is 2. The highest BCUT2D eigenvalue weighted by Gasteiger charge is 2.37. The van der Waals surface area contributed by atoms with E-state index in [1.807, 2.05) is 6.07 Å². The van der Waals surface area contributed by atoms with Crippen LogP contribution < -0.4 is 0 Å². The summed E-state index contributed by atoms with van der Waals surface area (Å²) in [6.45, 7) is 4.04. The lowest BCUT2D eigenvalue weighted by Gasteiger charge is -2.31. The van der Waals surface area contributed by atoms with Crippen molar-refractivity contribution in [3.05, 3.63) is 0 Å². The number of hydrogen-bond acceptors (Lipinski definition) is 7. The van der Waals surface area contributed by atoms with Gasteiger partial charge in [-0.2, -0.15) is 5.26 Å². The molecule has 0 aliphatic carbocycles. The maximum Gasteiger partial charge on any atom is 0.303 e. The van der Waals surface area contributed by atoms with Gasteiger partial charge >= 0.3 is 11.9 Å². The van der Waals surface area contributed by atoms with E-state index in [0.717, 1.165) is 0 Å². The fourth-order valence-corrected chi connectivity index (χ4v) is 1.67. The monoisotopic (exact) mass is 273 g/mol. The van der Waals surface area contributed by atoms with Crippen LogP contribution in [-0.2, 0) is 28.5 Å². The molecule has 0 heterocycles. The molecule has 0 saturated carbocycles. The van der Waals surface area contributed by atoms with Crippen LogP contribution >= 0.6 is 0 Å². The van der Waals surface area contributed by atoms with Crippen LogP contribution in [0.2, 0.25) is 0 Å². The van der Waals surface area contributed by atoms with Crippen molar-refractivity contribution >= 4 is 11.9 Å². The molecule has 0 aliphatic rings. The first-order valence-electron chi connectivity index (χ1n) is 5.67. The minimum absolute atomic E-state index is 0.498. The smallest absolute Gasteiger partial charge is 0.303 e. The Balaban J connectivity index is 5.11. The maximum atomic E-state index is 11.1. The molecule has 4 unspecified atom stereocenters. The summed E-state index contributed by atoms with van der Waals surface area (Å²) in [4.78, 5) is 22.1. The molecule has 4 atom stereocenters. The van der Waals surface area contributed by atoms with Crippen molar-refractivity contribution < 1.29 is 28.5 Å². The second kappa shape index (κ2) is 8.45. The average Bonchev–Trinajstić information content (AvgIpc) is 2.29. The molecule has 0 aromatic rings. The lowest BCUT2D eigenvalue weighted by Crippen LogP contribution is -2.48. The second-order valence-electron chi connectivity index (χ2n) is 3.87. The average molecular weight is 273 g/mol. The first kappa shape index (κ1) is 17.4. The third-order valence-electron chi connectivity index (χ3n) is 2.39. The third-order valence-corrected chi connectivity index (χ3v) is 2.39. The number of nitriles is 1. The standard InChI is InChI=1S/C12H19NO6/c1-7(18-8(2)14)11(17-5)12(19-9(3)15)10(6-13)16-4/h7,10-12H,1-5H3. The Kier molecular flexibility index (Phi) is 7.72. The third kappa shape index (κ3) is 5.68. The molecule has 108 valence electrons. The van der Waals surface area contributed by atoms with Crippen LogP contribution in [0.15, 0.2) is 0 Å². The SMILES string of the molecule is COC(C#N)C(OC(C)=O)C(OC)C(C)OC(C)=O. The van der Waals surface area contributed by atoms with E-state index in [-0.39, 0.29) is 0 Å². The van der Waals surface area contributed by atoms with Crippen molar-refractivity contribution in [3.8, 4) is 6.07 Å². The molecule has 0 fully saturated rings. The van der Waals surface area contributed by atoms with Gasteiger partial charge in [0, 0.05) is 28.1 Å². The van der Waals surface area contributed by atoms with E-state index in [0.29, 0.717) is 0 Å². The Bertz CT molecular complexity index is 351. The zero-order valence-electron chi connectivity index (χ0n) is 11.7. The maximum absolute atomic E-state index is 11.1. The normalized spacial score (nSPS) is 16.6. The molecule has 0 N–H and O–H groups in total. The van der Waals surface area contributed by atoms with Gasteiger partial charge in [0.25, 0.3) is 0 Å². The van der Waals surface area contributed by atoms with Gasteiger partial charge in [0.1, 0.15) is 12.2 Å². The number of carbonyl (C=O) groups excluding carboxylic acids is 2. The molecule has 0 bridgehead atoms. The Morgan fingerprint density at radius 1 is 1.00 bits per heavy atom. The van der Waals surface area contributed by atoms with E-state index in [1.165, 1.54) is 28.1 Å². The molecule has 0 spiro atoms. The molecular weight excluding hydrogens is 254 g/mol. The Labute approximate surface area is 112 Å².